The third-order valence-corrected chi connectivity index (χ3v) is 5.92. The standard InChI is InChI=1S/C21H13Cl3N4O3S2/c22-12-3-1-11(2-4-12)15-7-8-17(31-15)19(29)25-20(32)26-21-28-27-18(33-21)10-30-16-6-5-13(23)9-14(16)24/h1-9H,10H2,(H2,25,26,28,29,32). The minimum atomic E-state index is -0.502. The van der Waals surface area contributed by atoms with E-state index < -0.39 is 5.91 Å². The summed E-state index contributed by atoms with van der Waals surface area (Å²) in [7, 11) is 0. The summed E-state index contributed by atoms with van der Waals surface area (Å²) in [5.41, 5.74) is 0.794. The predicted molar refractivity (Wildman–Crippen MR) is 134 cm³/mol. The topological polar surface area (TPSA) is 89.3 Å². The summed E-state index contributed by atoms with van der Waals surface area (Å²) in [5, 5.41) is 15.9. The number of carbonyl (C=O) groups excluding carboxylic acids is 1. The Morgan fingerprint density at radius 1 is 1.03 bits per heavy atom. The zero-order valence-electron chi connectivity index (χ0n) is 16.5. The zero-order valence-corrected chi connectivity index (χ0v) is 20.4. The van der Waals surface area contributed by atoms with Crippen LogP contribution in [0.5, 0.6) is 5.75 Å². The fourth-order valence-corrected chi connectivity index (χ4v) is 4.12. The molecule has 4 rings (SSSR count). The van der Waals surface area contributed by atoms with Crippen molar-refractivity contribution >= 4 is 74.5 Å². The molecule has 0 aliphatic heterocycles. The van der Waals surface area contributed by atoms with Crippen molar-refractivity contribution in [1.29, 1.82) is 0 Å². The first-order valence-electron chi connectivity index (χ1n) is 9.26. The van der Waals surface area contributed by atoms with Gasteiger partial charge in [0.2, 0.25) is 5.13 Å². The van der Waals surface area contributed by atoms with E-state index in [9.17, 15) is 4.79 Å². The van der Waals surface area contributed by atoms with E-state index in [1.807, 2.05) is 0 Å². The first kappa shape index (κ1) is 23.5. The number of halogens is 3. The molecule has 0 saturated heterocycles. The van der Waals surface area contributed by atoms with Gasteiger partial charge in [0.25, 0.3) is 5.91 Å². The van der Waals surface area contributed by atoms with Crippen LogP contribution in [0.3, 0.4) is 0 Å². The molecule has 0 radical (unpaired) electrons. The second-order valence-electron chi connectivity index (χ2n) is 6.44. The summed E-state index contributed by atoms with van der Waals surface area (Å²) in [4.78, 5) is 12.4. The number of anilines is 1. The van der Waals surface area contributed by atoms with Gasteiger partial charge in [0.15, 0.2) is 15.9 Å². The van der Waals surface area contributed by atoms with E-state index in [1.165, 1.54) is 11.3 Å². The Hall–Kier alpha value is -2.69. The van der Waals surface area contributed by atoms with E-state index in [1.54, 1.807) is 54.6 Å². The molecule has 33 heavy (non-hydrogen) atoms. The summed E-state index contributed by atoms with van der Waals surface area (Å²) in [5.74, 6) is 0.615. The SMILES string of the molecule is O=C(NC(=S)Nc1nnc(COc2ccc(Cl)cc2Cl)s1)c1ccc(-c2ccc(Cl)cc2)o1. The van der Waals surface area contributed by atoms with Crippen LogP contribution in [0, 0.1) is 0 Å². The van der Waals surface area contributed by atoms with Gasteiger partial charge in [-0.15, -0.1) is 10.2 Å². The number of amides is 1. The summed E-state index contributed by atoms with van der Waals surface area (Å²) < 4.78 is 11.2. The van der Waals surface area contributed by atoms with Crippen LogP contribution in [0.25, 0.3) is 11.3 Å². The first-order chi connectivity index (χ1) is 15.9. The lowest BCUT2D eigenvalue weighted by Gasteiger charge is -2.06. The Bertz CT molecular complexity index is 1310. The number of carbonyl (C=O) groups is 1. The highest BCUT2D eigenvalue weighted by molar-refractivity contribution is 7.80. The lowest BCUT2D eigenvalue weighted by atomic mass is 10.2. The smallest absolute Gasteiger partial charge is 0.293 e. The molecule has 0 aliphatic carbocycles. The van der Waals surface area contributed by atoms with Crippen LogP contribution in [0.1, 0.15) is 15.6 Å². The maximum absolute atomic E-state index is 12.4. The molecular weight excluding hydrogens is 527 g/mol. The van der Waals surface area contributed by atoms with Crippen molar-refractivity contribution in [2.24, 2.45) is 0 Å². The average Bonchev–Trinajstić information content (AvgIpc) is 3.43. The summed E-state index contributed by atoms with van der Waals surface area (Å²) in [6.45, 7) is 0.152. The highest BCUT2D eigenvalue weighted by Crippen LogP contribution is 2.29. The van der Waals surface area contributed by atoms with E-state index >= 15 is 0 Å². The molecule has 168 valence electrons. The van der Waals surface area contributed by atoms with Gasteiger partial charge in [-0.3, -0.25) is 10.1 Å². The number of nitrogens with zero attached hydrogens (tertiary/aromatic N) is 2. The van der Waals surface area contributed by atoms with Gasteiger partial charge >= 0.3 is 0 Å². The van der Waals surface area contributed by atoms with E-state index in [2.05, 4.69) is 20.8 Å². The molecule has 1 amide bonds. The number of aromatic nitrogens is 2. The third-order valence-electron chi connectivity index (χ3n) is 4.12. The highest BCUT2D eigenvalue weighted by atomic mass is 35.5. The largest absolute Gasteiger partial charge is 0.485 e. The molecule has 12 heteroatoms. The number of rotatable bonds is 6. The van der Waals surface area contributed by atoms with Crippen molar-refractivity contribution < 1.29 is 13.9 Å². The molecule has 0 bridgehead atoms. The number of furan rings is 1. The Morgan fingerprint density at radius 3 is 2.55 bits per heavy atom. The van der Waals surface area contributed by atoms with E-state index in [0.29, 0.717) is 36.7 Å². The summed E-state index contributed by atoms with van der Waals surface area (Å²) >= 11 is 24.3. The van der Waals surface area contributed by atoms with Crippen molar-refractivity contribution in [3.63, 3.8) is 0 Å². The second kappa shape index (κ2) is 10.5. The van der Waals surface area contributed by atoms with Gasteiger partial charge in [-0.25, -0.2) is 0 Å². The quantitative estimate of drug-likeness (QED) is 0.272. The zero-order chi connectivity index (χ0) is 23.4. The van der Waals surface area contributed by atoms with Gasteiger partial charge in [0.1, 0.15) is 18.1 Å². The molecule has 2 aromatic heterocycles. The minimum absolute atomic E-state index is 0.0498. The molecule has 0 spiro atoms. The molecule has 0 aliphatic rings. The van der Waals surface area contributed by atoms with Crippen LogP contribution >= 0.6 is 58.4 Å². The Balaban J connectivity index is 1.30. The van der Waals surface area contributed by atoms with E-state index in [4.69, 9.17) is 56.2 Å². The normalized spacial score (nSPS) is 10.6. The molecule has 2 N–H and O–H groups in total. The lowest BCUT2D eigenvalue weighted by Crippen LogP contribution is -2.33. The maximum atomic E-state index is 12.4. The molecule has 0 atom stereocenters. The molecule has 7 nitrogen and oxygen atoms in total. The van der Waals surface area contributed by atoms with E-state index in [0.717, 1.165) is 5.56 Å². The molecule has 0 saturated carbocycles. The van der Waals surface area contributed by atoms with Crippen LogP contribution in [0.15, 0.2) is 59.0 Å². The van der Waals surface area contributed by atoms with Crippen molar-refractivity contribution in [2.75, 3.05) is 5.32 Å². The van der Waals surface area contributed by atoms with Gasteiger partial charge in [-0.05, 0) is 66.8 Å². The lowest BCUT2D eigenvalue weighted by molar-refractivity contribution is 0.0951. The van der Waals surface area contributed by atoms with Gasteiger partial charge in [0.05, 0.1) is 5.02 Å². The van der Waals surface area contributed by atoms with Gasteiger partial charge in [0, 0.05) is 15.6 Å². The first-order valence-corrected chi connectivity index (χ1v) is 11.6. The number of thiocarbonyl (C=S) groups is 1. The highest BCUT2D eigenvalue weighted by Gasteiger charge is 2.15. The van der Waals surface area contributed by atoms with Crippen LogP contribution in [-0.2, 0) is 6.61 Å². The van der Waals surface area contributed by atoms with E-state index in [-0.39, 0.29) is 17.5 Å². The molecular formula is C21H13Cl3N4O3S2. The minimum Gasteiger partial charge on any atom is -0.485 e. The number of hydrogen-bond acceptors (Lipinski definition) is 7. The van der Waals surface area contributed by atoms with Crippen LogP contribution in [0.4, 0.5) is 5.13 Å². The number of benzene rings is 2. The van der Waals surface area contributed by atoms with Gasteiger partial charge in [-0.1, -0.05) is 46.1 Å². The molecule has 2 aromatic carbocycles. The van der Waals surface area contributed by atoms with Crippen molar-refractivity contribution in [3.8, 4) is 17.1 Å². The predicted octanol–water partition coefficient (Wildman–Crippen LogP) is 6.46. The van der Waals surface area contributed by atoms with Crippen LogP contribution < -0.4 is 15.4 Å². The maximum Gasteiger partial charge on any atom is 0.293 e. The fraction of sp³-hybridized carbons (Fsp3) is 0.0476. The second-order valence-corrected chi connectivity index (χ2v) is 9.19. The Labute approximate surface area is 212 Å². The summed E-state index contributed by atoms with van der Waals surface area (Å²) in [6, 6.07) is 15.3. The van der Waals surface area contributed by atoms with Crippen LogP contribution in [0.2, 0.25) is 15.1 Å². The van der Waals surface area contributed by atoms with Crippen molar-refractivity contribution in [2.45, 2.75) is 6.61 Å². The number of hydrogen-bond donors (Lipinski definition) is 2. The molecule has 0 unspecified atom stereocenters. The molecule has 4 aromatic rings. The average molecular weight is 540 g/mol. The third kappa shape index (κ3) is 6.21. The summed E-state index contributed by atoms with van der Waals surface area (Å²) in [6.07, 6.45) is 0. The van der Waals surface area contributed by atoms with Crippen molar-refractivity contribution in [1.82, 2.24) is 15.5 Å². The van der Waals surface area contributed by atoms with Gasteiger partial charge < -0.3 is 14.5 Å². The monoisotopic (exact) mass is 538 g/mol. The Morgan fingerprint density at radius 2 is 1.79 bits per heavy atom. The fourth-order valence-electron chi connectivity index (χ4n) is 2.62. The number of nitrogens with one attached hydrogen (secondary N) is 2. The van der Waals surface area contributed by atoms with Crippen LogP contribution in [-0.4, -0.2) is 21.2 Å². The van der Waals surface area contributed by atoms with Crippen molar-refractivity contribution in [3.05, 3.63) is 80.4 Å². The number of ether oxygens (including phenoxy) is 1. The molecule has 2 heterocycles. The van der Waals surface area contributed by atoms with Gasteiger partial charge in [-0.2, -0.15) is 0 Å². The molecule has 0 fully saturated rings. The Kier molecular flexibility index (Phi) is 7.46.